The number of aliphatic carboxylic acids is 1. The van der Waals surface area contributed by atoms with E-state index >= 15 is 0 Å². The van der Waals surface area contributed by atoms with Crippen LogP contribution < -0.4 is 4.74 Å². The molecule has 0 aliphatic heterocycles. The summed E-state index contributed by atoms with van der Waals surface area (Å²) < 4.78 is 33.6. The summed E-state index contributed by atoms with van der Waals surface area (Å²) in [7, 11) is -4.06. The molecule has 37 heavy (non-hydrogen) atoms. The molecule has 0 aliphatic carbocycles. The highest BCUT2D eigenvalue weighted by atomic mass is 32.2. The third kappa shape index (κ3) is 5.15. The number of hydrogen-bond acceptors (Lipinski definition) is 5. The molecule has 7 nitrogen and oxygen atoms in total. The van der Waals surface area contributed by atoms with Gasteiger partial charge in [0.15, 0.2) is 12.4 Å². The largest absolute Gasteiger partial charge is 0.482 e. The second kappa shape index (κ2) is 9.52. The first-order valence-electron chi connectivity index (χ1n) is 11.8. The fourth-order valence-electron chi connectivity index (χ4n) is 4.22. The van der Waals surface area contributed by atoms with Gasteiger partial charge in [-0.15, -0.1) is 0 Å². The maximum atomic E-state index is 13.6. The molecule has 0 amide bonds. The maximum Gasteiger partial charge on any atom is 0.341 e. The van der Waals surface area contributed by atoms with Gasteiger partial charge in [0.25, 0.3) is 10.0 Å². The van der Waals surface area contributed by atoms with E-state index in [1.807, 2.05) is 24.3 Å². The SMILES string of the molecule is CC(=O)c1cn(S(=O)(=O)c2ccc(OCC(=O)O)c(C)c2)c2ccc(-c3ccc(C(C)(C)C)cc3)cc12. The van der Waals surface area contributed by atoms with Gasteiger partial charge in [-0.1, -0.05) is 51.1 Å². The molecule has 8 heteroatoms. The predicted molar refractivity (Wildman–Crippen MR) is 143 cm³/mol. The minimum Gasteiger partial charge on any atom is -0.482 e. The summed E-state index contributed by atoms with van der Waals surface area (Å²) in [4.78, 5) is 23.3. The molecule has 0 saturated carbocycles. The van der Waals surface area contributed by atoms with E-state index in [0.717, 1.165) is 15.1 Å². The first kappa shape index (κ1) is 26.2. The lowest BCUT2D eigenvalue weighted by molar-refractivity contribution is -0.139. The molecule has 1 aromatic heterocycles. The lowest BCUT2D eigenvalue weighted by atomic mass is 9.86. The molecule has 0 atom stereocenters. The monoisotopic (exact) mass is 519 g/mol. The molecule has 0 saturated heterocycles. The minimum atomic E-state index is -4.06. The average molecular weight is 520 g/mol. The van der Waals surface area contributed by atoms with E-state index < -0.39 is 22.6 Å². The van der Waals surface area contributed by atoms with E-state index in [2.05, 4.69) is 32.9 Å². The molecule has 0 fully saturated rings. The van der Waals surface area contributed by atoms with E-state index in [4.69, 9.17) is 9.84 Å². The van der Waals surface area contributed by atoms with Crippen molar-refractivity contribution < 1.29 is 27.9 Å². The van der Waals surface area contributed by atoms with Crippen LogP contribution in [-0.4, -0.2) is 35.9 Å². The van der Waals surface area contributed by atoms with Crippen molar-refractivity contribution in [2.45, 2.75) is 44.9 Å². The van der Waals surface area contributed by atoms with Crippen molar-refractivity contribution in [2.24, 2.45) is 0 Å². The Morgan fingerprint density at radius 3 is 2.16 bits per heavy atom. The number of Topliss-reactive ketones (excluding diaryl/α,β-unsaturated/α-hetero) is 1. The number of ketones is 1. The van der Waals surface area contributed by atoms with Crippen LogP contribution in [0.2, 0.25) is 0 Å². The molecule has 1 heterocycles. The highest BCUT2D eigenvalue weighted by Crippen LogP contribution is 2.33. The molecule has 0 radical (unpaired) electrons. The van der Waals surface area contributed by atoms with Crippen molar-refractivity contribution in [3.8, 4) is 16.9 Å². The molecular weight excluding hydrogens is 490 g/mol. The number of carbonyl (C=O) groups is 2. The van der Waals surface area contributed by atoms with Crippen molar-refractivity contribution in [1.29, 1.82) is 0 Å². The second-order valence-corrected chi connectivity index (χ2v) is 11.9. The lowest BCUT2D eigenvalue weighted by Crippen LogP contribution is -2.13. The van der Waals surface area contributed by atoms with E-state index in [1.54, 1.807) is 13.0 Å². The molecule has 0 unspecified atom stereocenters. The molecule has 0 bridgehead atoms. The molecule has 3 aromatic carbocycles. The minimum absolute atomic E-state index is 0.00141. The molecule has 4 rings (SSSR count). The summed E-state index contributed by atoms with van der Waals surface area (Å²) in [5.41, 5.74) is 4.25. The van der Waals surface area contributed by atoms with Gasteiger partial charge in [-0.25, -0.2) is 17.2 Å². The zero-order valence-corrected chi connectivity index (χ0v) is 22.2. The highest BCUT2D eigenvalue weighted by molar-refractivity contribution is 7.90. The molecule has 0 spiro atoms. The Hall–Kier alpha value is -3.91. The van der Waals surface area contributed by atoms with E-state index in [1.165, 1.54) is 36.9 Å². The Morgan fingerprint density at radius 1 is 0.946 bits per heavy atom. The number of rotatable bonds is 7. The quantitative estimate of drug-likeness (QED) is 0.309. The number of aromatic nitrogens is 1. The Kier molecular flexibility index (Phi) is 6.73. The van der Waals surface area contributed by atoms with Crippen LogP contribution in [0.5, 0.6) is 5.75 Å². The van der Waals surface area contributed by atoms with Gasteiger partial charge >= 0.3 is 5.97 Å². The number of nitrogens with zero attached hydrogens (tertiary/aromatic N) is 1. The summed E-state index contributed by atoms with van der Waals surface area (Å²) in [6.07, 6.45) is 1.36. The van der Waals surface area contributed by atoms with Gasteiger partial charge in [0, 0.05) is 17.1 Å². The standard InChI is InChI=1S/C29H29NO6S/c1-18-14-23(11-13-27(18)36-17-28(32)33)37(34,35)30-16-25(19(2)31)24-15-21(8-12-26(24)30)20-6-9-22(10-7-20)29(3,4)5/h6-16H,17H2,1-5H3,(H,32,33). The molecule has 192 valence electrons. The molecule has 1 N–H and O–H groups in total. The van der Waals surface area contributed by atoms with Gasteiger partial charge in [0.1, 0.15) is 5.75 Å². The molecule has 4 aromatic rings. The summed E-state index contributed by atoms with van der Waals surface area (Å²) in [6, 6.07) is 17.8. The average Bonchev–Trinajstić information content (AvgIpc) is 3.23. The first-order valence-corrected chi connectivity index (χ1v) is 13.2. The van der Waals surface area contributed by atoms with Crippen molar-refractivity contribution in [2.75, 3.05) is 6.61 Å². The van der Waals surface area contributed by atoms with Crippen molar-refractivity contribution >= 4 is 32.7 Å². The fourth-order valence-corrected chi connectivity index (χ4v) is 5.67. The predicted octanol–water partition coefficient (Wildman–Crippen LogP) is 5.82. The normalized spacial score (nSPS) is 12.0. The third-order valence-corrected chi connectivity index (χ3v) is 7.96. The van der Waals surface area contributed by atoms with Crippen LogP contribution in [0.25, 0.3) is 22.0 Å². The fraction of sp³-hybridized carbons (Fsp3) is 0.241. The number of fused-ring (bicyclic) bond motifs is 1. The molecular formula is C29H29NO6S. The Labute approximate surface area is 216 Å². The third-order valence-electron chi connectivity index (χ3n) is 6.29. The van der Waals surface area contributed by atoms with Gasteiger partial charge < -0.3 is 9.84 Å². The lowest BCUT2D eigenvalue weighted by Gasteiger charge is -2.19. The molecule has 0 aliphatic rings. The van der Waals surface area contributed by atoms with Crippen LogP contribution in [0.1, 0.15) is 49.2 Å². The second-order valence-electron chi connectivity index (χ2n) is 10.1. The number of ether oxygens (including phenoxy) is 1. The number of carbonyl (C=O) groups excluding carboxylic acids is 1. The first-order chi connectivity index (χ1) is 17.3. The van der Waals surface area contributed by atoms with Crippen molar-refractivity contribution in [3.63, 3.8) is 0 Å². The van der Waals surface area contributed by atoms with E-state index in [0.29, 0.717) is 22.0 Å². The summed E-state index contributed by atoms with van der Waals surface area (Å²) in [5.74, 6) is -1.09. The zero-order valence-electron chi connectivity index (χ0n) is 21.4. The smallest absolute Gasteiger partial charge is 0.341 e. The maximum absolute atomic E-state index is 13.6. The van der Waals surface area contributed by atoms with Crippen molar-refractivity contribution in [1.82, 2.24) is 3.97 Å². The van der Waals surface area contributed by atoms with Crippen LogP contribution >= 0.6 is 0 Å². The van der Waals surface area contributed by atoms with Crippen LogP contribution in [0.4, 0.5) is 0 Å². The van der Waals surface area contributed by atoms with Crippen LogP contribution in [0.3, 0.4) is 0 Å². The van der Waals surface area contributed by atoms with Gasteiger partial charge in [0.2, 0.25) is 0 Å². The van der Waals surface area contributed by atoms with Gasteiger partial charge in [0.05, 0.1) is 10.4 Å². The Bertz CT molecular complexity index is 1620. The number of hydrogen-bond donors (Lipinski definition) is 1. The van der Waals surface area contributed by atoms with Gasteiger partial charge in [-0.3, -0.25) is 4.79 Å². The zero-order chi connectivity index (χ0) is 27.1. The van der Waals surface area contributed by atoms with Gasteiger partial charge in [-0.2, -0.15) is 0 Å². The number of benzene rings is 3. The van der Waals surface area contributed by atoms with Crippen LogP contribution in [-0.2, 0) is 20.2 Å². The number of carboxylic acid groups (broad SMARTS) is 1. The van der Waals surface area contributed by atoms with Crippen LogP contribution in [0.15, 0.2) is 71.8 Å². The summed E-state index contributed by atoms with van der Waals surface area (Å²) in [5, 5.41) is 9.38. The Morgan fingerprint density at radius 2 is 1.59 bits per heavy atom. The Balaban J connectivity index is 1.79. The summed E-state index contributed by atoms with van der Waals surface area (Å²) >= 11 is 0. The van der Waals surface area contributed by atoms with Crippen molar-refractivity contribution in [3.05, 3.63) is 83.6 Å². The van der Waals surface area contributed by atoms with E-state index in [-0.39, 0.29) is 21.8 Å². The number of carboxylic acids is 1. The highest BCUT2D eigenvalue weighted by Gasteiger charge is 2.24. The topological polar surface area (TPSA) is 103 Å². The van der Waals surface area contributed by atoms with E-state index in [9.17, 15) is 18.0 Å². The van der Waals surface area contributed by atoms with Gasteiger partial charge in [-0.05, 0) is 71.8 Å². The summed E-state index contributed by atoms with van der Waals surface area (Å²) in [6.45, 7) is 8.97. The number of aryl methyl sites for hydroxylation is 1. The van der Waals surface area contributed by atoms with Crippen LogP contribution in [0, 0.1) is 6.92 Å².